The van der Waals surface area contributed by atoms with E-state index in [0.717, 1.165) is 28.3 Å². The van der Waals surface area contributed by atoms with Crippen molar-refractivity contribution >= 4 is 11.6 Å². The lowest BCUT2D eigenvalue weighted by Crippen LogP contribution is -2.55. The third-order valence-electron chi connectivity index (χ3n) is 3.93. The highest BCUT2D eigenvalue weighted by Gasteiger charge is 2.43. The van der Waals surface area contributed by atoms with Gasteiger partial charge in [-0.3, -0.25) is 0 Å². The highest BCUT2D eigenvalue weighted by atomic mass is 35.5. The van der Waals surface area contributed by atoms with Gasteiger partial charge in [-0.25, -0.2) is 0 Å². The van der Waals surface area contributed by atoms with E-state index in [4.69, 9.17) is 21.1 Å². The van der Waals surface area contributed by atoms with E-state index >= 15 is 0 Å². The van der Waals surface area contributed by atoms with Gasteiger partial charge in [0.2, 0.25) is 0 Å². The van der Waals surface area contributed by atoms with Crippen LogP contribution in [0.2, 0.25) is 5.02 Å². The summed E-state index contributed by atoms with van der Waals surface area (Å²) >= 11 is 6.28. The Balaban J connectivity index is 2.10. The molecule has 21 heavy (non-hydrogen) atoms. The van der Waals surface area contributed by atoms with Crippen molar-refractivity contribution in [2.75, 3.05) is 6.61 Å². The number of aliphatic hydroxyl groups excluding tert-OH is 1. The molecule has 0 heterocycles. The minimum absolute atomic E-state index is 0.0774. The maximum Gasteiger partial charge on any atom is 0.130 e. The van der Waals surface area contributed by atoms with Crippen molar-refractivity contribution in [1.29, 1.82) is 0 Å². The molecule has 0 aliphatic heterocycles. The van der Waals surface area contributed by atoms with Crippen LogP contribution in [0.4, 0.5) is 0 Å². The standard InChI is InChI=1S/C17H25ClO3/c1-5-6-20-17-14(19)9-16(17)21-15-8-12(10(2)3)13(18)7-11(15)4/h7-8,10,14,16-17,19H,5-6,9H2,1-4H3. The van der Waals surface area contributed by atoms with Crippen LogP contribution in [0.25, 0.3) is 0 Å². The number of benzene rings is 1. The Hall–Kier alpha value is -0.770. The normalized spacial score (nSPS) is 25.0. The van der Waals surface area contributed by atoms with Gasteiger partial charge in [-0.2, -0.15) is 0 Å². The Labute approximate surface area is 132 Å². The van der Waals surface area contributed by atoms with Crippen LogP contribution in [0.5, 0.6) is 5.75 Å². The first-order chi connectivity index (χ1) is 9.93. The van der Waals surface area contributed by atoms with Crippen LogP contribution in [0.3, 0.4) is 0 Å². The van der Waals surface area contributed by atoms with Crippen LogP contribution < -0.4 is 4.74 Å². The maximum absolute atomic E-state index is 9.81. The van der Waals surface area contributed by atoms with Crippen molar-refractivity contribution in [2.24, 2.45) is 0 Å². The third-order valence-corrected chi connectivity index (χ3v) is 4.26. The lowest BCUT2D eigenvalue weighted by molar-refractivity contribution is -0.162. The molecule has 2 rings (SSSR count). The average Bonchev–Trinajstić information content (AvgIpc) is 2.40. The molecule has 1 saturated carbocycles. The van der Waals surface area contributed by atoms with Crippen LogP contribution in [-0.2, 0) is 4.74 Å². The molecule has 1 N–H and O–H groups in total. The minimum atomic E-state index is -0.418. The van der Waals surface area contributed by atoms with Gasteiger partial charge in [0.05, 0.1) is 6.10 Å². The average molecular weight is 313 g/mol. The van der Waals surface area contributed by atoms with Crippen molar-refractivity contribution in [3.63, 3.8) is 0 Å². The van der Waals surface area contributed by atoms with Crippen LogP contribution in [0, 0.1) is 6.92 Å². The van der Waals surface area contributed by atoms with Crippen molar-refractivity contribution in [1.82, 2.24) is 0 Å². The zero-order valence-electron chi connectivity index (χ0n) is 13.2. The minimum Gasteiger partial charge on any atom is -0.487 e. The first-order valence-electron chi connectivity index (χ1n) is 7.70. The number of aliphatic hydroxyl groups is 1. The van der Waals surface area contributed by atoms with Gasteiger partial charge in [0, 0.05) is 18.1 Å². The van der Waals surface area contributed by atoms with Gasteiger partial charge in [0.1, 0.15) is 18.0 Å². The fraction of sp³-hybridized carbons (Fsp3) is 0.647. The summed E-state index contributed by atoms with van der Waals surface area (Å²) < 4.78 is 11.7. The molecule has 118 valence electrons. The Kier molecular flexibility index (Phi) is 5.53. The number of halogens is 1. The molecule has 1 aromatic carbocycles. The second-order valence-corrected chi connectivity index (χ2v) is 6.50. The van der Waals surface area contributed by atoms with Crippen molar-refractivity contribution < 1.29 is 14.6 Å². The van der Waals surface area contributed by atoms with Crippen LogP contribution >= 0.6 is 11.6 Å². The summed E-state index contributed by atoms with van der Waals surface area (Å²) in [5.41, 5.74) is 2.10. The Bertz CT molecular complexity index is 487. The van der Waals surface area contributed by atoms with Crippen molar-refractivity contribution in [3.8, 4) is 5.75 Å². The molecule has 1 fully saturated rings. The van der Waals surface area contributed by atoms with Crippen LogP contribution in [-0.4, -0.2) is 30.0 Å². The molecule has 0 saturated heterocycles. The molecule has 4 heteroatoms. The smallest absolute Gasteiger partial charge is 0.130 e. The molecule has 3 atom stereocenters. The van der Waals surface area contributed by atoms with Gasteiger partial charge in [0.25, 0.3) is 0 Å². The molecule has 0 bridgehead atoms. The number of aryl methyl sites for hydroxylation is 1. The highest BCUT2D eigenvalue weighted by Crippen LogP contribution is 2.35. The van der Waals surface area contributed by atoms with Crippen LogP contribution in [0.15, 0.2) is 12.1 Å². The predicted molar refractivity (Wildman–Crippen MR) is 85.3 cm³/mol. The molecule has 1 aliphatic carbocycles. The van der Waals surface area contributed by atoms with Crippen molar-refractivity contribution in [3.05, 3.63) is 28.3 Å². The van der Waals surface area contributed by atoms with E-state index in [1.165, 1.54) is 0 Å². The Morgan fingerprint density at radius 1 is 1.38 bits per heavy atom. The summed E-state index contributed by atoms with van der Waals surface area (Å²) in [5, 5.41) is 10.6. The quantitative estimate of drug-likeness (QED) is 0.860. The fourth-order valence-electron chi connectivity index (χ4n) is 2.55. The van der Waals surface area contributed by atoms with Gasteiger partial charge in [0.15, 0.2) is 0 Å². The number of ether oxygens (including phenoxy) is 2. The highest BCUT2D eigenvalue weighted by molar-refractivity contribution is 6.31. The van der Waals surface area contributed by atoms with Crippen molar-refractivity contribution in [2.45, 2.75) is 64.8 Å². The number of hydrogen-bond donors (Lipinski definition) is 1. The van der Waals surface area contributed by atoms with Gasteiger partial charge in [-0.15, -0.1) is 0 Å². The molecular formula is C17H25ClO3. The van der Waals surface area contributed by atoms with E-state index in [0.29, 0.717) is 18.9 Å². The topological polar surface area (TPSA) is 38.7 Å². The largest absolute Gasteiger partial charge is 0.487 e. The first-order valence-corrected chi connectivity index (χ1v) is 8.08. The predicted octanol–water partition coefficient (Wildman–Crippen LogP) is 4.08. The molecule has 0 radical (unpaired) electrons. The second-order valence-electron chi connectivity index (χ2n) is 6.09. The molecule has 0 aromatic heterocycles. The summed E-state index contributed by atoms with van der Waals surface area (Å²) in [6, 6.07) is 3.97. The Morgan fingerprint density at radius 2 is 2.10 bits per heavy atom. The van der Waals surface area contributed by atoms with E-state index in [9.17, 15) is 5.11 Å². The lowest BCUT2D eigenvalue weighted by Gasteiger charge is -2.41. The second kappa shape index (κ2) is 6.99. The first kappa shape index (κ1) is 16.6. The molecule has 1 aliphatic rings. The molecule has 0 spiro atoms. The number of rotatable bonds is 6. The van der Waals surface area contributed by atoms with E-state index < -0.39 is 6.10 Å². The summed E-state index contributed by atoms with van der Waals surface area (Å²) in [4.78, 5) is 0. The summed E-state index contributed by atoms with van der Waals surface area (Å²) in [7, 11) is 0. The number of hydrogen-bond acceptors (Lipinski definition) is 3. The Morgan fingerprint density at radius 3 is 2.67 bits per heavy atom. The van der Waals surface area contributed by atoms with E-state index in [2.05, 4.69) is 20.8 Å². The monoisotopic (exact) mass is 312 g/mol. The van der Waals surface area contributed by atoms with Crippen LogP contribution in [0.1, 0.15) is 50.7 Å². The van der Waals surface area contributed by atoms with E-state index in [1.54, 1.807) is 0 Å². The molecule has 1 aromatic rings. The molecule has 0 amide bonds. The van der Waals surface area contributed by atoms with Gasteiger partial charge < -0.3 is 14.6 Å². The summed E-state index contributed by atoms with van der Waals surface area (Å²) in [6.07, 6.45) is 0.841. The van der Waals surface area contributed by atoms with Gasteiger partial charge >= 0.3 is 0 Å². The molecule has 3 nitrogen and oxygen atoms in total. The molecule has 3 unspecified atom stereocenters. The van der Waals surface area contributed by atoms with E-state index in [1.807, 2.05) is 19.1 Å². The zero-order chi connectivity index (χ0) is 15.6. The van der Waals surface area contributed by atoms with Gasteiger partial charge in [-0.1, -0.05) is 32.4 Å². The summed E-state index contributed by atoms with van der Waals surface area (Å²) in [6.45, 7) is 8.92. The van der Waals surface area contributed by atoms with Gasteiger partial charge in [-0.05, 0) is 42.5 Å². The summed E-state index contributed by atoms with van der Waals surface area (Å²) in [5.74, 6) is 1.18. The maximum atomic E-state index is 9.81. The SMILES string of the molecule is CCCOC1C(O)CC1Oc1cc(C(C)C)c(Cl)cc1C. The molecular weight excluding hydrogens is 288 g/mol. The lowest BCUT2D eigenvalue weighted by atomic mass is 9.87. The van der Waals surface area contributed by atoms with E-state index in [-0.39, 0.29) is 12.2 Å². The zero-order valence-corrected chi connectivity index (χ0v) is 14.0. The fourth-order valence-corrected chi connectivity index (χ4v) is 2.98. The third kappa shape index (κ3) is 3.71.